The fraction of sp³-hybridized carbons (Fsp3) is 0.900. The van der Waals surface area contributed by atoms with E-state index in [9.17, 15) is 4.79 Å². The third-order valence-corrected chi connectivity index (χ3v) is 3.53. The number of rotatable bonds is 1. The molecule has 2 saturated carbocycles. The lowest BCUT2D eigenvalue weighted by Crippen LogP contribution is -2.40. The third kappa shape index (κ3) is 0.895. The number of ether oxygens (including phenoxy) is 1. The van der Waals surface area contributed by atoms with Crippen molar-refractivity contribution in [1.82, 2.24) is 10.6 Å². The second-order valence-electron chi connectivity index (χ2n) is 5.58. The quantitative estimate of drug-likeness (QED) is 0.641. The second-order valence-corrected chi connectivity index (χ2v) is 5.58. The summed E-state index contributed by atoms with van der Waals surface area (Å²) in [6.45, 7) is 6.71. The lowest BCUT2D eigenvalue weighted by molar-refractivity contribution is 0.0507. The molecule has 2 bridgehead atoms. The third-order valence-electron chi connectivity index (χ3n) is 3.53. The number of carbonyl (C=O) groups is 1. The van der Waals surface area contributed by atoms with Crippen molar-refractivity contribution < 1.29 is 9.53 Å². The molecule has 4 fully saturated rings. The average molecular weight is 196 g/mol. The van der Waals surface area contributed by atoms with Crippen LogP contribution < -0.4 is 10.6 Å². The van der Waals surface area contributed by atoms with Crippen molar-refractivity contribution in [1.29, 1.82) is 0 Å². The van der Waals surface area contributed by atoms with Gasteiger partial charge >= 0.3 is 6.09 Å². The number of nitrogens with one attached hydrogen (secondary N) is 2. The first-order chi connectivity index (χ1) is 6.45. The predicted molar refractivity (Wildman–Crippen MR) is 50.9 cm³/mol. The maximum absolute atomic E-state index is 11.5. The minimum atomic E-state index is -0.396. The summed E-state index contributed by atoms with van der Waals surface area (Å²) in [5, 5.41) is 6.37. The molecule has 14 heavy (non-hydrogen) atoms. The first kappa shape index (κ1) is 8.53. The lowest BCUT2D eigenvalue weighted by Gasteiger charge is -2.21. The minimum absolute atomic E-state index is 0.0995. The van der Waals surface area contributed by atoms with Crippen LogP contribution in [-0.2, 0) is 4.74 Å². The standard InChI is InChI=1S/C10H16N2O2/c1-9(2,3)14-8(13)12-10-5-4-11-7(10)6(5)10/h5-7,11H,4H2,1-3H3,(H,12,13)/t5?,6?,7?,10-/m1/s1. The molecule has 2 saturated heterocycles. The molecule has 4 aliphatic rings. The zero-order valence-corrected chi connectivity index (χ0v) is 8.76. The highest BCUT2D eigenvalue weighted by atomic mass is 16.6. The van der Waals surface area contributed by atoms with E-state index < -0.39 is 5.60 Å². The van der Waals surface area contributed by atoms with Crippen LogP contribution in [0.2, 0.25) is 0 Å². The Morgan fingerprint density at radius 1 is 1.57 bits per heavy atom. The zero-order valence-electron chi connectivity index (χ0n) is 8.76. The Hall–Kier alpha value is -0.770. The van der Waals surface area contributed by atoms with Gasteiger partial charge in [-0.1, -0.05) is 0 Å². The SMILES string of the molecule is CC(C)(C)OC(=O)N[C@@]12C3CNC1C32. The van der Waals surface area contributed by atoms with Gasteiger partial charge in [0.05, 0.1) is 5.54 Å². The first-order valence-electron chi connectivity index (χ1n) is 5.20. The van der Waals surface area contributed by atoms with E-state index in [-0.39, 0.29) is 11.6 Å². The Balaban J connectivity index is 1.57. The normalized spacial score (nSPS) is 46.9. The van der Waals surface area contributed by atoms with Gasteiger partial charge < -0.3 is 15.4 Å². The zero-order chi connectivity index (χ0) is 10.1. The molecule has 0 aromatic heterocycles. The lowest BCUT2D eigenvalue weighted by atomic mass is 10.2. The Kier molecular flexibility index (Phi) is 1.27. The van der Waals surface area contributed by atoms with Crippen molar-refractivity contribution in [3.8, 4) is 0 Å². The predicted octanol–water partition coefficient (Wildman–Crippen LogP) is 0.481. The molecule has 0 spiro atoms. The van der Waals surface area contributed by atoms with Crippen LogP contribution in [0.25, 0.3) is 0 Å². The van der Waals surface area contributed by atoms with Gasteiger partial charge in [-0.25, -0.2) is 4.79 Å². The van der Waals surface area contributed by atoms with E-state index in [1.54, 1.807) is 0 Å². The second kappa shape index (κ2) is 2.08. The summed E-state index contributed by atoms with van der Waals surface area (Å²) >= 11 is 0. The minimum Gasteiger partial charge on any atom is -0.444 e. The Labute approximate surface area is 83.4 Å². The maximum atomic E-state index is 11.5. The van der Waals surface area contributed by atoms with Crippen molar-refractivity contribution in [3.05, 3.63) is 0 Å². The van der Waals surface area contributed by atoms with E-state index in [0.29, 0.717) is 17.9 Å². The molecule has 4 heteroatoms. The molecular formula is C10H16N2O2. The molecule has 78 valence electrons. The molecule has 0 aromatic carbocycles. The molecule has 2 aliphatic heterocycles. The van der Waals surface area contributed by atoms with Crippen LogP contribution in [0.3, 0.4) is 0 Å². The van der Waals surface area contributed by atoms with Gasteiger partial charge in [-0.05, 0) is 20.8 Å². The monoisotopic (exact) mass is 196 g/mol. The van der Waals surface area contributed by atoms with Gasteiger partial charge in [-0.15, -0.1) is 0 Å². The van der Waals surface area contributed by atoms with Crippen molar-refractivity contribution in [2.75, 3.05) is 6.54 Å². The largest absolute Gasteiger partial charge is 0.444 e. The first-order valence-corrected chi connectivity index (χ1v) is 5.20. The van der Waals surface area contributed by atoms with Crippen LogP contribution in [0.15, 0.2) is 0 Å². The highest BCUT2D eigenvalue weighted by Gasteiger charge is 2.91. The maximum Gasteiger partial charge on any atom is 0.408 e. The van der Waals surface area contributed by atoms with Gasteiger partial charge in [0.1, 0.15) is 5.60 Å². The van der Waals surface area contributed by atoms with Crippen LogP contribution >= 0.6 is 0 Å². The van der Waals surface area contributed by atoms with E-state index in [1.807, 2.05) is 20.8 Å². The summed E-state index contributed by atoms with van der Waals surface area (Å²) in [6, 6.07) is 0.542. The highest BCUT2D eigenvalue weighted by Crippen LogP contribution is 2.75. The smallest absolute Gasteiger partial charge is 0.408 e. The van der Waals surface area contributed by atoms with Crippen LogP contribution in [0.4, 0.5) is 4.79 Å². The summed E-state index contributed by atoms with van der Waals surface area (Å²) in [7, 11) is 0. The molecule has 4 atom stereocenters. The number of hydrogen-bond acceptors (Lipinski definition) is 3. The van der Waals surface area contributed by atoms with E-state index in [1.165, 1.54) is 0 Å². The Morgan fingerprint density at radius 3 is 2.71 bits per heavy atom. The van der Waals surface area contributed by atoms with Gasteiger partial charge in [0.15, 0.2) is 0 Å². The molecule has 2 aliphatic carbocycles. The van der Waals surface area contributed by atoms with E-state index in [4.69, 9.17) is 4.74 Å². The molecule has 3 unspecified atom stereocenters. The van der Waals surface area contributed by atoms with Crippen LogP contribution in [0, 0.1) is 11.8 Å². The summed E-state index contributed by atoms with van der Waals surface area (Å²) < 4.78 is 5.23. The molecule has 4 rings (SSSR count). The number of hydrogen-bond donors (Lipinski definition) is 2. The van der Waals surface area contributed by atoms with Crippen molar-refractivity contribution >= 4 is 6.09 Å². The molecule has 1 amide bonds. The fourth-order valence-corrected chi connectivity index (χ4v) is 2.87. The number of piperidine rings is 1. The average Bonchev–Trinajstić information content (AvgIpc) is 2.68. The number of fused-ring (bicyclic) bond motifs is 1. The molecule has 4 nitrogen and oxygen atoms in total. The van der Waals surface area contributed by atoms with Gasteiger partial charge in [0.25, 0.3) is 0 Å². The van der Waals surface area contributed by atoms with Crippen LogP contribution in [0.5, 0.6) is 0 Å². The Bertz CT molecular complexity index is 286. The van der Waals surface area contributed by atoms with Gasteiger partial charge in [0, 0.05) is 24.4 Å². The molecule has 2 N–H and O–H groups in total. The van der Waals surface area contributed by atoms with Crippen molar-refractivity contribution in [2.24, 2.45) is 11.8 Å². The summed E-state index contributed by atoms with van der Waals surface area (Å²) in [6.07, 6.45) is -0.267. The number of alkyl carbamates (subject to hydrolysis) is 1. The fourth-order valence-electron chi connectivity index (χ4n) is 2.87. The highest BCUT2D eigenvalue weighted by molar-refractivity contribution is 5.73. The molecule has 0 aromatic rings. The molecule has 0 radical (unpaired) electrons. The number of amides is 1. The molecule has 2 heterocycles. The van der Waals surface area contributed by atoms with Gasteiger partial charge in [0.2, 0.25) is 0 Å². The molecular weight excluding hydrogens is 180 g/mol. The van der Waals surface area contributed by atoms with E-state index in [2.05, 4.69) is 10.6 Å². The van der Waals surface area contributed by atoms with Gasteiger partial charge in [-0.2, -0.15) is 0 Å². The number of carbonyl (C=O) groups excluding carboxylic acids is 1. The van der Waals surface area contributed by atoms with E-state index >= 15 is 0 Å². The van der Waals surface area contributed by atoms with E-state index in [0.717, 1.165) is 6.54 Å². The summed E-state index contributed by atoms with van der Waals surface area (Å²) in [5.74, 6) is 1.38. The topological polar surface area (TPSA) is 50.4 Å². The van der Waals surface area contributed by atoms with Crippen molar-refractivity contribution in [2.45, 2.75) is 38.0 Å². The van der Waals surface area contributed by atoms with Gasteiger partial charge in [-0.3, -0.25) is 0 Å². The Morgan fingerprint density at radius 2 is 2.29 bits per heavy atom. The van der Waals surface area contributed by atoms with Crippen molar-refractivity contribution in [3.63, 3.8) is 0 Å². The van der Waals surface area contributed by atoms with Crippen LogP contribution in [0.1, 0.15) is 20.8 Å². The van der Waals surface area contributed by atoms with Crippen LogP contribution in [-0.4, -0.2) is 29.8 Å². The summed E-state index contributed by atoms with van der Waals surface area (Å²) in [5.41, 5.74) is -0.297. The summed E-state index contributed by atoms with van der Waals surface area (Å²) in [4.78, 5) is 11.5.